The van der Waals surface area contributed by atoms with Gasteiger partial charge in [0.1, 0.15) is 5.82 Å². The van der Waals surface area contributed by atoms with Crippen LogP contribution in [0.25, 0.3) is 5.69 Å². The summed E-state index contributed by atoms with van der Waals surface area (Å²) in [4.78, 5) is 16.2. The molecule has 0 aliphatic heterocycles. The van der Waals surface area contributed by atoms with E-state index in [2.05, 4.69) is 10.3 Å². The SMILES string of the molecule is NC[C@H]1CCC[C@H]1C(=O)NCc1ccc(-n2ccnc2)c(F)c1. The highest BCUT2D eigenvalue weighted by atomic mass is 19.1. The molecule has 0 unspecified atom stereocenters. The molecule has 5 nitrogen and oxygen atoms in total. The number of carbonyl (C=O) groups is 1. The second kappa shape index (κ2) is 6.91. The predicted molar refractivity (Wildman–Crippen MR) is 85.3 cm³/mol. The van der Waals surface area contributed by atoms with Gasteiger partial charge in [0, 0.05) is 24.9 Å². The monoisotopic (exact) mass is 316 g/mol. The van der Waals surface area contributed by atoms with E-state index in [0.717, 1.165) is 24.8 Å². The standard InChI is InChI=1S/C17H21FN4O/c18-15-8-12(4-5-16(15)22-7-6-20-11-22)10-21-17(23)14-3-1-2-13(14)9-19/h4-8,11,13-14H,1-3,9-10,19H2,(H,21,23)/t13-,14-/m1/s1. The summed E-state index contributed by atoms with van der Waals surface area (Å²) in [6.45, 7) is 0.875. The van der Waals surface area contributed by atoms with Gasteiger partial charge in [0.05, 0.1) is 12.0 Å². The Morgan fingerprint density at radius 3 is 3.00 bits per heavy atom. The number of nitrogens with one attached hydrogen (secondary N) is 1. The molecule has 122 valence electrons. The lowest BCUT2D eigenvalue weighted by Crippen LogP contribution is -2.34. The average molecular weight is 316 g/mol. The topological polar surface area (TPSA) is 72.9 Å². The van der Waals surface area contributed by atoms with Gasteiger partial charge in [0.15, 0.2) is 0 Å². The van der Waals surface area contributed by atoms with Crippen LogP contribution in [0.5, 0.6) is 0 Å². The van der Waals surface area contributed by atoms with E-state index in [4.69, 9.17) is 5.73 Å². The number of imidazole rings is 1. The number of nitrogens with two attached hydrogens (primary N) is 1. The van der Waals surface area contributed by atoms with Crippen molar-refractivity contribution in [1.82, 2.24) is 14.9 Å². The normalized spacial score (nSPS) is 20.6. The molecule has 3 rings (SSSR count). The highest BCUT2D eigenvalue weighted by Gasteiger charge is 2.31. The summed E-state index contributed by atoms with van der Waals surface area (Å²) >= 11 is 0. The molecule has 0 radical (unpaired) electrons. The van der Waals surface area contributed by atoms with Crippen LogP contribution in [0.1, 0.15) is 24.8 Å². The second-order valence-corrected chi connectivity index (χ2v) is 6.01. The van der Waals surface area contributed by atoms with Gasteiger partial charge in [-0.05, 0) is 43.0 Å². The summed E-state index contributed by atoms with van der Waals surface area (Å²) in [5, 5.41) is 2.91. The van der Waals surface area contributed by atoms with E-state index in [0.29, 0.717) is 18.8 Å². The van der Waals surface area contributed by atoms with Crippen LogP contribution < -0.4 is 11.1 Å². The van der Waals surface area contributed by atoms with E-state index in [1.165, 1.54) is 6.07 Å². The lowest BCUT2D eigenvalue weighted by molar-refractivity contribution is -0.126. The first kappa shape index (κ1) is 15.7. The summed E-state index contributed by atoms with van der Waals surface area (Å²) in [6, 6.07) is 4.95. The number of amides is 1. The molecule has 1 heterocycles. The molecule has 1 aromatic heterocycles. The molecule has 3 N–H and O–H groups in total. The number of halogens is 1. The molecule has 0 saturated heterocycles. The smallest absolute Gasteiger partial charge is 0.223 e. The third-order valence-corrected chi connectivity index (χ3v) is 4.56. The Morgan fingerprint density at radius 1 is 1.43 bits per heavy atom. The molecule has 1 aliphatic carbocycles. The van der Waals surface area contributed by atoms with Gasteiger partial charge in [-0.25, -0.2) is 9.37 Å². The zero-order valence-corrected chi connectivity index (χ0v) is 12.9. The fourth-order valence-electron chi connectivity index (χ4n) is 3.26. The van der Waals surface area contributed by atoms with Crippen molar-refractivity contribution in [3.63, 3.8) is 0 Å². The van der Waals surface area contributed by atoms with Crippen molar-refractivity contribution in [2.24, 2.45) is 17.6 Å². The minimum Gasteiger partial charge on any atom is -0.352 e. The number of aromatic nitrogens is 2. The number of hydrogen-bond acceptors (Lipinski definition) is 3. The van der Waals surface area contributed by atoms with E-state index in [9.17, 15) is 9.18 Å². The van der Waals surface area contributed by atoms with Crippen molar-refractivity contribution in [3.05, 3.63) is 48.3 Å². The number of rotatable bonds is 5. The Balaban J connectivity index is 1.62. The zero-order chi connectivity index (χ0) is 16.2. The van der Waals surface area contributed by atoms with E-state index >= 15 is 0 Å². The highest BCUT2D eigenvalue weighted by Crippen LogP contribution is 2.31. The maximum absolute atomic E-state index is 14.2. The molecule has 1 amide bonds. The van der Waals surface area contributed by atoms with Crippen molar-refractivity contribution in [1.29, 1.82) is 0 Å². The van der Waals surface area contributed by atoms with Crippen LogP contribution in [0.3, 0.4) is 0 Å². The lowest BCUT2D eigenvalue weighted by Gasteiger charge is -2.17. The maximum atomic E-state index is 14.2. The zero-order valence-electron chi connectivity index (χ0n) is 12.9. The number of carbonyl (C=O) groups excluding carboxylic acids is 1. The first-order valence-electron chi connectivity index (χ1n) is 7.93. The third kappa shape index (κ3) is 3.42. The van der Waals surface area contributed by atoms with Crippen molar-refractivity contribution in [3.8, 4) is 5.69 Å². The fourth-order valence-corrected chi connectivity index (χ4v) is 3.26. The Hall–Kier alpha value is -2.21. The van der Waals surface area contributed by atoms with Gasteiger partial charge in [-0.1, -0.05) is 12.5 Å². The van der Waals surface area contributed by atoms with Crippen LogP contribution >= 0.6 is 0 Å². The molecule has 6 heteroatoms. The molecular weight excluding hydrogens is 295 g/mol. The Labute approximate surface area is 134 Å². The molecule has 1 saturated carbocycles. The molecule has 2 aromatic rings. The van der Waals surface area contributed by atoms with Crippen molar-refractivity contribution in [2.75, 3.05) is 6.54 Å². The molecule has 1 aliphatic rings. The van der Waals surface area contributed by atoms with Gasteiger partial charge in [-0.15, -0.1) is 0 Å². The summed E-state index contributed by atoms with van der Waals surface area (Å²) in [5.74, 6) is -0.0436. The molecule has 0 bridgehead atoms. The summed E-state index contributed by atoms with van der Waals surface area (Å²) in [5.41, 5.74) is 6.89. The molecule has 1 fully saturated rings. The van der Waals surface area contributed by atoms with Gasteiger partial charge in [-0.2, -0.15) is 0 Å². The van der Waals surface area contributed by atoms with Crippen LogP contribution in [-0.4, -0.2) is 22.0 Å². The van der Waals surface area contributed by atoms with Crippen molar-refractivity contribution < 1.29 is 9.18 Å². The van der Waals surface area contributed by atoms with E-state index in [1.54, 1.807) is 29.4 Å². The van der Waals surface area contributed by atoms with Gasteiger partial charge < -0.3 is 15.6 Å². The Bertz CT molecular complexity index is 671. The molecular formula is C17H21FN4O. The van der Waals surface area contributed by atoms with Crippen LogP contribution in [-0.2, 0) is 11.3 Å². The molecule has 2 atom stereocenters. The fraction of sp³-hybridized carbons (Fsp3) is 0.412. The van der Waals surface area contributed by atoms with E-state index in [-0.39, 0.29) is 23.6 Å². The largest absolute Gasteiger partial charge is 0.352 e. The molecule has 0 spiro atoms. The Kier molecular flexibility index (Phi) is 4.71. The van der Waals surface area contributed by atoms with Gasteiger partial charge in [-0.3, -0.25) is 4.79 Å². The Morgan fingerprint density at radius 2 is 2.30 bits per heavy atom. The van der Waals surface area contributed by atoms with E-state index < -0.39 is 0 Å². The molecule has 1 aromatic carbocycles. The van der Waals surface area contributed by atoms with Crippen molar-refractivity contribution in [2.45, 2.75) is 25.8 Å². The van der Waals surface area contributed by atoms with Gasteiger partial charge in [0.2, 0.25) is 5.91 Å². The van der Waals surface area contributed by atoms with Crippen molar-refractivity contribution >= 4 is 5.91 Å². The summed E-state index contributed by atoms with van der Waals surface area (Å²) < 4.78 is 15.8. The quantitative estimate of drug-likeness (QED) is 0.886. The first-order valence-corrected chi connectivity index (χ1v) is 7.93. The van der Waals surface area contributed by atoms with E-state index in [1.807, 2.05) is 6.07 Å². The minimum absolute atomic E-state index is 0.00457. The van der Waals surface area contributed by atoms with Gasteiger partial charge >= 0.3 is 0 Å². The maximum Gasteiger partial charge on any atom is 0.223 e. The number of nitrogens with zero attached hydrogens (tertiary/aromatic N) is 2. The lowest BCUT2D eigenvalue weighted by atomic mass is 9.95. The number of hydrogen-bond donors (Lipinski definition) is 2. The molecule has 23 heavy (non-hydrogen) atoms. The van der Waals surface area contributed by atoms with Crippen LogP contribution in [0.2, 0.25) is 0 Å². The van der Waals surface area contributed by atoms with Crippen LogP contribution in [0.4, 0.5) is 4.39 Å². The van der Waals surface area contributed by atoms with Gasteiger partial charge in [0.25, 0.3) is 0 Å². The average Bonchev–Trinajstić information content (AvgIpc) is 3.23. The minimum atomic E-state index is -0.338. The van der Waals surface area contributed by atoms with Crippen LogP contribution in [0.15, 0.2) is 36.9 Å². The van der Waals surface area contributed by atoms with Crippen LogP contribution in [0, 0.1) is 17.7 Å². The summed E-state index contributed by atoms with van der Waals surface area (Å²) in [6.07, 6.45) is 7.79. The number of benzene rings is 1. The first-order chi connectivity index (χ1) is 11.2. The highest BCUT2D eigenvalue weighted by molar-refractivity contribution is 5.79. The second-order valence-electron chi connectivity index (χ2n) is 6.01. The predicted octanol–water partition coefficient (Wildman–Crippen LogP) is 2.00. The summed E-state index contributed by atoms with van der Waals surface area (Å²) in [7, 11) is 0. The third-order valence-electron chi connectivity index (χ3n) is 4.56.